The molecule has 3 heterocycles. The lowest BCUT2D eigenvalue weighted by atomic mass is 10.3. The maximum atomic E-state index is 12.7. The van der Waals surface area contributed by atoms with Crippen LogP contribution in [0.1, 0.15) is 34.5 Å². The fraction of sp³-hybridized carbons (Fsp3) is 0.412. The highest BCUT2D eigenvalue weighted by atomic mass is 35.5. The van der Waals surface area contributed by atoms with Crippen LogP contribution in [0.2, 0.25) is 5.02 Å². The first-order valence-electron chi connectivity index (χ1n) is 8.90. The quantitative estimate of drug-likeness (QED) is 0.427. The highest BCUT2D eigenvalue weighted by Gasteiger charge is 2.22. The second-order valence-corrected chi connectivity index (χ2v) is 7.01. The van der Waals surface area contributed by atoms with Crippen LogP contribution in [0.4, 0.5) is 5.69 Å². The highest BCUT2D eigenvalue weighted by Crippen LogP contribution is 2.21. The summed E-state index contributed by atoms with van der Waals surface area (Å²) in [6, 6.07) is 1.59. The zero-order valence-electron chi connectivity index (χ0n) is 16.5. The van der Waals surface area contributed by atoms with Crippen molar-refractivity contribution in [1.82, 2.24) is 34.2 Å². The van der Waals surface area contributed by atoms with E-state index in [-0.39, 0.29) is 30.5 Å². The number of aromatic nitrogens is 6. The maximum Gasteiger partial charge on any atom is 0.312 e. The summed E-state index contributed by atoms with van der Waals surface area (Å²) in [4.78, 5) is 24.8. The third kappa shape index (κ3) is 4.14. The lowest BCUT2D eigenvalue weighted by Gasteiger charge is -2.14. The number of halogens is 1. The second kappa shape index (κ2) is 8.03. The molecule has 29 heavy (non-hydrogen) atoms. The Kier molecular flexibility index (Phi) is 5.69. The van der Waals surface area contributed by atoms with Gasteiger partial charge in [0.2, 0.25) is 0 Å². The van der Waals surface area contributed by atoms with Crippen LogP contribution in [0.15, 0.2) is 18.5 Å². The third-order valence-electron chi connectivity index (χ3n) is 4.51. The smallest absolute Gasteiger partial charge is 0.312 e. The Morgan fingerprint density at radius 1 is 1.28 bits per heavy atom. The lowest BCUT2D eigenvalue weighted by molar-refractivity contribution is -0.386. The number of carbonyl (C=O) groups excluding carboxylic acids is 1. The Labute approximate surface area is 171 Å². The largest absolute Gasteiger partial charge is 0.334 e. The predicted molar refractivity (Wildman–Crippen MR) is 105 cm³/mol. The zero-order valence-corrected chi connectivity index (χ0v) is 17.3. The summed E-state index contributed by atoms with van der Waals surface area (Å²) in [5.41, 5.74) is 1.60. The Balaban J connectivity index is 1.72. The molecule has 3 rings (SSSR count). The molecule has 0 saturated carbocycles. The standard InChI is InChI=1S/C17H21ClN8O3/c1-5-23-8-13(18)15(21-23)9-22(4)17(27)14-6-7-24(20-14)10-25-12(3)16(26(28)29)11(2)19-25/h6-8H,5,9-10H2,1-4H3. The van der Waals surface area contributed by atoms with Gasteiger partial charge in [-0.25, -0.2) is 4.68 Å². The van der Waals surface area contributed by atoms with Crippen molar-refractivity contribution in [1.29, 1.82) is 0 Å². The van der Waals surface area contributed by atoms with Gasteiger partial charge in [-0.3, -0.25) is 24.3 Å². The first kappa shape index (κ1) is 20.5. The first-order chi connectivity index (χ1) is 13.7. The molecule has 0 bridgehead atoms. The minimum atomic E-state index is -0.452. The summed E-state index contributed by atoms with van der Waals surface area (Å²) in [5.74, 6) is -0.287. The van der Waals surface area contributed by atoms with Crippen LogP contribution < -0.4 is 0 Å². The van der Waals surface area contributed by atoms with Crippen molar-refractivity contribution in [3.63, 3.8) is 0 Å². The van der Waals surface area contributed by atoms with Crippen LogP contribution >= 0.6 is 11.6 Å². The summed E-state index contributed by atoms with van der Waals surface area (Å²) in [6.45, 7) is 6.25. The van der Waals surface area contributed by atoms with E-state index in [4.69, 9.17) is 11.6 Å². The minimum Gasteiger partial charge on any atom is -0.334 e. The average molecular weight is 421 g/mol. The van der Waals surface area contributed by atoms with E-state index in [1.165, 1.54) is 14.3 Å². The molecule has 3 aromatic heterocycles. The molecular weight excluding hydrogens is 400 g/mol. The molecule has 0 aromatic carbocycles. The van der Waals surface area contributed by atoms with Gasteiger partial charge in [0.05, 0.1) is 16.5 Å². The van der Waals surface area contributed by atoms with Gasteiger partial charge in [0.1, 0.15) is 29.4 Å². The maximum absolute atomic E-state index is 12.7. The number of amides is 1. The van der Waals surface area contributed by atoms with Crippen molar-refractivity contribution in [2.45, 2.75) is 40.5 Å². The fourth-order valence-electron chi connectivity index (χ4n) is 2.98. The van der Waals surface area contributed by atoms with Gasteiger partial charge in [-0.15, -0.1) is 0 Å². The molecule has 0 spiro atoms. The van der Waals surface area contributed by atoms with E-state index in [1.807, 2.05) is 6.92 Å². The first-order valence-corrected chi connectivity index (χ1v) is 9.28. The van der Waals surface area contributed by atoms with Crippen LogP contribution in [0.25, 0.3) is 0 Å². The van der Waals surface area contributed by atoms with E-state index in [0.29, 0.717) is 28.6 Å². The number of nitrogens with zero attached hydrogens (tertiary/aromatic N) is 8. The normalized spacial score (nSPS) is 11.1. The third-order valence-corrected chi connectivity index (χ3v) is 4.83. The number of nitro groups is 1. The van der Waals surface area contributed by atoms with E-state index in [2.05, 4.69) is 15.3 Å². The van der Waals surface area contributed by atoms with Crippen molar-refractivity contribution in [3.05, 3.63) is 56.4 Å². The van der Waals surface area contributed by atoms with Gasteiger partial charge >= 0.3 is 5.69 Å². The molecule has 3 aromatic rings. The molecule has 0 aliphatic rings. The molecule has 154 valence electrons. The van der Waals surface area contributed by atoms with E-state index >= 15 is 0 Å². The highest BCUT2D eigenvalue weighted by molar-refractivity contribution is 6.31. The molecule has 0 atom stereocenters. The molecule has 0 radical (unpaired) electrons. The number of rotatable bonds is 7. The molecule has 0 saturated heterocycles. The number of hydrogen-bond donors (Lipinski definition) is 0. The molecule has 12 heteroatoms. The summed E-state index contributed by atoms with van der Waals surface area (Å²) in [7, 11) is 1.65. The average Bonchev–Trinajstić information content (AvgIpc) is 3.33. The summed E-state index contributed by atoms with van der Waals surface area (Å²) < 4.78 is 4.69. The second-order valence-electron chi connectivity index (χ2n) is 6.60. The summed E-state index contributed by atoms with van der Waals surface area (Å²) in [5, 5.41) is 24.4. The van der Waals surface area contributed by atoms with E-state index in [1.54, 1.807) is 44.0 Å². The van der Waals surface area contributed by atoms with Crippen LogP contribution in [-0.2, 0) is 19.8 Å². The van der Waals surface area contributed by atoms with Crippen LogP contribution in [0, 0.1) is 24.0 Å². The van der Waals surface area contributed by atoms with Crippen molar-refractivity contribution >= 4 is 23.2 Å². The van der Waals surface area contributed by atoms with Crippen molar-refractivity contribution in [2.24, 2.45) is 0 Å². The number of carbonyl (C=O) groups is 1. The number of aryl methyl sites for hydroxylation is 2. The molecule has 11 nitrogen and oxygen atoms in total. The Bertz CT molecular complexity index is 1070. The van der Waals surface area contributed by atoms with E-state index < -0.39 is 4.92 Å². The van der Waals surface area contributed by atoms with Gasteiger partial charge in [-0.1, -0.05) is 11.6 Å². The molecule has 0 N–H and O–H groups in total. The molecule has 0 unspecified atom stereocenters. The molecular formula is C17H21ClN8O3. The Hall–Kier alpha value is -3.21. The van der Waals surface area contributed by atoms with Crippen LogP contribution in [0.3, 0.4) is 0 Å². The van der Waals surface area contributed by atoms with Gasteiger partial charge in [-0.2, -0.15) is 15.3 Å². The van der Waals surface area contributed by atoms with Crippen LogP contribution in [0.5, 0.6) is 0 Å². The Morgan fingerprint density at radius 2 is 2.00 bits per heavy atom. The molecule has 0 aliphatic heterocycles. The zero-order chi connectivity index (χ0) is 21.3. The van der Waals surface area contributed by atoms with Crippen molar-refractivity contribution in [3.8, 4) is 0 Å². The van der Waals surface area contributed by atoms with Crippen molar-refractivity contribution < 1.29 is 9.72 Å². The monoisotopic (exact) mass is 420 g/mol. The van der Waals surface area contributed by atoms with E-state index in [9.17, 15) is 14.9 Å². The summed E-state index contributed by atoms with van der Waals surface area (Å²) in [6.07, 6.45) is 3.35. The van der Waals surface area contributed by atoms with Gasteiger partial charge in [-0.05, 0) is 26.8 Å². The van der Waals surface area contributed by atoms with E-state index in [0.717, 1.165) is 0 Å². The van der Waals surface area contributed by atoms with Gasteiger partial charge in [0, 0.05) is 26.0 Å². The SMILES string of the molecule is CCn1cc(Cl)c(CN(C)C(=O)c2ccn(Cn3nc(C)c([N+](=O)[O-])c3C)n2)n1. The van der Waals surface area contributed by atoms with Gasteiger partial charge < -0.3 is 4.90 Å². The van der Waals surface area contributed by atoms with Crippen LogP contribution in [-0.4, -0.2) is 52.1 Å². The predicted octanol–water partition coefficient (Wildman–Crippen LogP) is 2.25. The fourth-order valence-corrected chi connectivity index (χ4v) is 3.19. The summed E-state index contributed by atoms with van der Waals surface area (Å²) >= 11 is 6.17. The van der Waals surface area contributed by atoms with Gasteiger partial charge in [0.25, 0.3) is 5.91 Å². The lowest BCUT2D eigenvalue weighted by Crippen LogP contribution is -2.27. The molecule has 0 aliphatic carbocycles. The molecule has 1 amide bonds. The van der Waals surface area contributed by atoms with Gasteiger partial charge in [0.15, 0.2) is 0 Å². The minimum absolute atomic E-state index is 0.0171. The topological polar surface area (TPSA) is 117 Å². The molecule has 0 fully saturated rings. The van der Waals surface area contributed by atoms with Crippen molar-refractivity contribution in [2.75, 3.05) is 7.05 Å². The Morgan fingerprint density at radius 3 is 2.59 bits per heavy atom. The number of hydrogen-bond acceptors (Lipinski definition) is 6.